The molecule has 0 fully saturated rings. The topological polar surface area (TPSA) is 122 Å². The summed E-state index contributed by atoms with van der Waals surface area (Å²) in [6, 6.07) is 38.5. The SMILES string of the molecule is C=CC(=O)OC.COC(=O)[C@H]1CC(c2ccccc2Cl)=N[C@H]1c1ccc(-c2ccc(OC(F)(F)F)cc2)cc1.O=C1OC(c2ccccc2Cl)=NC1c1ccc(-c2ccc(OC(F)(F)F)cc2)cc1. The van der Waals surface area contributed by atoms with Crippen LogP contribution in [0, 0.1) is 5.92 Å². The van der Waals surface area contributed by atoms with Crippen LogP contribution in [0.5, 0.6) is 11.5 Å². The molecule has 2 heterocycles. The number of benzene rings is 6. The molecule has 18 heteroatoms. The second-order valence-electron chi connectivity index (χ2n) is 14.7. The lowest BCUT2D eigenvalue weighted by Gasteiger charge is -2.16. The number of carbonyl (C=O) groups excluding carboxylic acids is 3. The molecule has 0 amide bonds. The van der Waals surface area contributed by atoms with Gasteiger partial charge in [0.05, 0.1) is 36.8 Å². The smallest absolute Gasteiger partial charge is 0.469 e. The Morgan fingerprint density at radius 2 is 1.06 bits per heavy atom. The third kappa shape index (κ3) is 13.8. The second-order valence-corrected chi connectivity index (χ2v) is 15.5. The zero-order valence-corrected chi connectivity index (χ0v) is 37.8. The summed E-state index contributed by atoms with van der Waals surface area (Å²) >= 11 is 12.5. The highest BCUT2D eigenvalue weighted by Crippen LogP contribution is 2.39. The van der Waals surface area contributed by atoms with Gasteiger partial charge in [-0.25, -0.2) is 14.6 Å². The maximum absolute atomic E-state index is 12.5. The largest absolute Gasteiger partial charge is 0.573 e. The van der Waals surface area contributed by atoms with Crippen LogP contribution in [0.25, 0.3) is 22.3 Å². The molecule has 0 radical (unpaired) electrons. The fourth-order valence-corrected chi connectivity index (χ4v) is 7.47. The van der Waals surface area contributed by atoms with Gasteiger partial charge in [-0.05, 0) is 75.8 Å². The van der Waals surface area contributed by atoms with E-state index in [9.17, 15) is 40.7 Å². The first-order valence-electron chi connectivity index (χ1n) is 20.4. The first-order chi connectivity index (χ1) is 32.9. The molecule has 6 aromatic carbocycles. The minimum absolute atomic E-state index is 0.167. The number of aliphatic imine (C=N–C) groups is 2. The molecule has 0 aliphatic carbocycles. The van der Waals surface area contributed by atoms with Gasteiger partial charge in [-0.1, -0.05) is 133 Å². The van der Waals surface area contributed by atoms with Gasteiger partial charge >= 0.3 is 30.6 Å². The lowest BCUT2D eigenvalue weighted by atomic mass is 9.90. The van der Waals surface area contributed by atoms with Crippen molar-refractivity contribution in [1.82, 2.24) is 0 Å². The summed E-state index contributed by atoms with van der Waals surface area (Å²) in [5, 5.41) is 0.992. The highest BCUT2D eigenvalue weighted by atomic mass is 35.5. The van der Waals surface area contributed by atoms with Gasteiger partial charge in [-0.2, -0.15) is 0 Å². The fraction of sp³-hybridized carbons (Fsp3) is 0.157. The van der Waals surface area contributed by atoms with Gasteiger partial charge in [-0.3, -0.25) is 9.79 Å². The van der Waals surface area contributed by atoms with Crippen LogP contribution in [0.2, 0.25) is 10.0 Å². The highest BCUT2D eigenvalue weighted by molar-refractivity contribution is 6.34. The van der Waals surface area contributed by atoms with E-state index in [2.05, 4.69) is 25.8 Å². The van der Waals surface area contributed by atoms with E-state index in [4.69, 9.17) is 37.7 Å². The summed E-state index contributed by atoms with van der Waals surface area (Å²) in [4.78, 5) is 43.7. The number of ether oxygens (including phenoxy) is 5. The van der Waals surface area contributed by atoms with Crippen LogP contribution in [0.4, 0.5) is 26.3 Å². The third-order valence-corrected chi connectivity index (χ3v) is 10.9. The molecule has 69 heavy (non-hydrogen) atoms. The molecular weight excluding hydrogens is 953 g/mol. The molecule has 2 aliphatic rings. The van der Waals surface area contributed by atoms with E-state index < -0.39 is 42.7 Å². The summed E-state index contributed by atoms with van der Waals surface area (Å²) in [5.74, 6) is -2.14. The molecule has 1 unspecified atom stereocenters. The molecule has 356 valence electrons. The van der Waals surface area contributed by atoms with E-state index in [1.165, 1.54) is 50.6 Å². The van der Waals surface area contributed by atoms with Crippen molar-refractivity contribution in [2.45, 2.75) is 31.2 Å². The normalized spacial score (nSPS) is 16.3. The standard InChI is InChI=1S/C25H19ClF3NO3.C22H13ClF3NO3.C4H6O2/c1-32-24(31)20-14-22(19-4-2-3-5-21(19)26)30-23(20)17-8-6-15(7-9-17)16-10-12-18(13-11-16)33-25(27,28)29;23-18-4-2-1-3-17(18)20-27-19(21(28)29-20)15-7-5-13(6-8-15)14-9-11-16(12-10-14)30-22(24,25)26;1-3-4(5)6-2/h2-13,20,23H,14H2,1H3;1-12,19H;3H,1H2,2H3/t20-,23-;;/m0../s1. The Balaban J connectivity index is 0.000000204. The number of methoxy groups -OCH3 is 2. The van der Waals surface area contributed by atoms with Crippen LogP contribution in [-0.2, 0) is 28.6 Å². The van der Waals surface area contributed by atoms with Crippen molar-refractivity contribution in [2.75, 3.05) is 14.2 Å². The third-order valence-electron chi connectivity index (χ3n) is 10.2. The van der Waals surface area contributed by atoms with E-state index in [-0.39, 0.29) is 23.4 Å². The van der Waals surface area contributed by atoms with Gasteiger partial charge in [0, 0.05) is 28.8 Å². The van der Waals surface area contributed by atoms with Crippen molar-refractivity contribution in [3.8, 4) is 33.8 Å². The summed E-state index contributed by atoms with van der Waals surface area (Å²) in [5.41, 5.74) is 6.51. The number of cyclic esters (lactones) is 1. The van der Waals surface area contributed by atoms with Gasteiger partial charge in [0.1, 0.15) is 11.5 Å². The molecule has 3 atom stereocenters. The number of nitrogens with zero attached hydrogens (tertiary/aromatic N) is 2. The van der Waals surface area contributed by atoms with Crippen molar-refractivity contribution < 1.29 is 64.4 Å². The molecule has 8 rings (SSSR count). The predicted octanol–water partition coefficient (Wildman–Crippen LogP) is 12.9. The van der Waals surface area contributed by atoms with E-state index in [0.29, 0.717) is 33.2 Å². The maximum Gasteiger partial charge on any atom is 0.573 e. The Morgan fingerprint density at radius 3 is 1.46 bits per heavy atom. The van der Waals surface area contributed by atoms with Crippen LogP contribution in [0.1, 0.15) is 40.8 Å². The Kier molecular flexibility index (Phi) is 16.7. The van der Waals surface area contributed by atoms with Gasteiger partial charge < -0.3 is 23.7 Å². The first-order valence-corrected chi connectivity index (χ1v) is 21.2. The second kappa shape index (κ2) is 22.6. The van der Waals surface area contributed by atoms with Crippen LogP contribution in [-0.4, -0.2) is 56.5 Å². The van der Waals surface area contributed by atoms with E-state index in [1.807, 2.05) is 42.5 Å². The molecular formula is C51H38Cl2F6N2O8. The average Bonchev–Trinajstić information content (AvgIpc) is 3.95. The van der Waals surface area contributed by atoms with E-state index in [1.54, 1.807) is 66.7 Å². The molecule has 0 spiro atoms. The summed E-state index contributed by atoms with van der Waals surface area (Å²) < 4.78 is 96.1. The molecule has 0 saturated carbocycles. The molecule has 0 aromatic heterocycles. The highest BCUT2D eigenvalue weighted by Gasteiger charge is 2.38. The zero-order chi connectivity index (χ0) is 49.9. The summed E-state index contributed by atoms with van der Waals surface area (Å²) in [6.45, 7) is 3.16. The minimum atomic E-state index is -4.73. The van der Waals surface area contributed by atoms with Gasteiger partial charge in [-0.15, -0.1) is 26.3 Å². The number of carbonyl (C=O) groups is 3. The molecule has 6 aromatic rings. The number of hydrogen-bond donors (Lipinski definition) is 0. The van der Waals surface area contributed by atoms with E-state index in [0.717, 1.165) is 39.6 Å². The molecule has 0 saturated heterocycles. The Morgan fingerprint density at radius 1 is 0.623 bits per heavy atom. The Labute approximate surface area is 401 Å². The van der Waals surface area contributed by atoms with Crippen LogP contribution in [0.3, 0.4) is 0 Å². The average molecular weight is 992 g/mol. The zero-order valence-electron chi connectivity index (χ0n) is 36.3. The molecule has 0 N–H and O–H groups in total. The molecule has 2 aliphatic heterocycles. The summed E-state index contributed by atoms with van der Waals surface area (Å²) in [7, 11) is 2.66. The first kappa shape index (κ1) is 51.0. The number of halogens is 8. The van der Waals surface area contributed by atoms with Crippen LogP contribution < -0.4 is 9.47 Å². The Hall–Kier alpha value is -7.43. The van der Waals surface area contributed by atoms with Gasteiger partial charge in [0.2, 0.25) is 5.90 Å². The lowest BCUT2D eigenvalue weighted by Crippen LogP contribution is -2.20. The molecule has 10 nitrogen and oxygen atoms in total. The fourth-order valence-electron chi connectivity index (χ4n) is 7.00. The number of hydrogen-bond acceptors (Lipinski definition) is 10. The van der Waals surface area contributed by atoms with Crippen LogP contribution >= 0.6 is 23.2 Å². The lowest BCUT2D eigenvalue weighted by molar-refractivity contribution is -0.275. The van der Waals surface area contributed by atoms with Crippen molar-refractivity contribution in [3.05, 3.63) is 191 Å². The Bertz CT molecular complexity index is 2840. The van der Waals surface area contributed by atoms with E-state index >= 15 is 0 Å². The number of esters is 3. The van der Waals surface area contributed by atoms with Crippen molar-refractivity contribution >= 4 is 52.7 Å². The van der Waals surface area contributed by atoms with Gasteiger partial charge in [0.25, 0.3) is 0 Å². The maximum atomic E-state index is 12.5. The summed E-state index contributed by atoms with van der Waals surface area (Å²) in [6.07, 6.45) is -7.95. The monoisotopic (exact) mass is 990 g/mol. The van der Waals surface area contributed by atoms with Gasteiger partial charge in [0.15, 0.2) is 6.04 Å². The minimum Gasteiger partial charge on any atom is -0.469 e. The molecule has 0 bridgehead atoms. The van der Waals surface area contributed by atoms with Crippen molar-refractivity contribution in [1.29, 1.82) is 0 Å². The number of rotatable bonds is 10. The van der Waals surface area contributed by atoms with Crippen molar-refractivity contribution in [3.63, 3.8) is 0 Å². The van der Waals surface area contributed by atoms with Crippen molar-refractivity contribution in [2.24, 2.45) is 15.9 Å². The predicted molar refractivity (Wildman–Crippen MR) is 247 cm³/mol. The quantitative estimate of drug-likeness (QED) is 0.0576. The number of alkyl halides is 6. The van der Waals surface area contributed by atoms with Crippen LogP contribution in [0.15, 0.2) is 168 Å².